The number of aliphatic imine (C=N–C) groups is 1. The summed E-state index contributed by atoms with van der Waals surface area (Å²) >= 11 is 3.37. The zero-order valence-corrected chi connectivity index (χ0v) is 16.9. The molecule has 1 aliphatic heterocycles. The van der Waals surface area contributed by atoms with Gasteiger partial charge in [-0.15, -0.1) is 0 Å². The molecule has 1 fully saturated rings. The van der Waals surface area contributed by atoms with Crippen molar-refractivity contribution in [1.82, 2.24) is 15.1 Å². The van der Waals surface area contributed by atoms with Gasteiger partial charge in [0.2, 0.25) is 11.8 Å². The number of carbonyl (C=O) groups excluding carboxylic acids is 2. The molecule has 0 spiro atoms. The molecule has 0 atom stereocenters. The number of anilines is 1. The van der Waals surface area contributed by atoms with Crippen molar-refractivity contribution in [3.8, 4) is 0 Å². The van der Waals surface area contributed by atoms with Gasteiger partial charge in [-0.2, -0.15) is 0 Å². The van der Waals surface area contributed by atoms with Crippen LogP contribution in [0.5, 0.6) is 0 Å². The fourth-order valence-corrected chi connectivity index (χ4v) is 2.94. The zero-order valence-electron chi connectivity index (χ0n) is 15.3. The summed E-state index contributed by atoms with van der Waals surface area (Å²) in [5.74, 6) is 0.844. The minimum Gasteiger partial charge on any atom is -0.357 e. The van der Waals surface area contributed by atoms with E-state index < -0.39 is 0 Å². The molecule has 1 aliphatic rings. The quantitative estimate of drug-likeness (QED) is 0.559. The van der Waals surface area contributed by atoms with Gasteiger partial charge < -0.3 is 20.4 Å². The molecule has 2 amide bonds. The van der Waals surface area contributed by atoms with Gasteiger partial charge in [0.1, 0.15) is 0 Å². The van der Waals surface area contributed by atoms with Gasteiger partial charge in [-0.25, -0.2) is 0 Å². The van der Waals surface area contributed by atoms with Gasteiger partial charge in [0.25, 0.3) is 0 Å². The summed E-state index contributed by atoms with van der Waals surface area (Å²) in [4.78, 5) is 32.0. The second kappa shape index (κ2) is 10.2. The van der Waals surface area contributed by atoms with Crippen LogP contribution < -0.4 is 10.6 Å². The smallest absolute Gasteiger partial charge is 0.226 e. The van der Waals surface area contributed by atoms with E-state index in [1.165, 1.54) is 0 Å². The molecule has 8 heteroatoms. The van der Waals surface area contributed by atoms with Crippen molar-refractivity contribution in [3.05, 3.63) is 28.7 Å². The number of piperazine rings is 1. The van der Waals surface area contributed by atoms with Crippen molar-refractivity contribution in [2.24, 2.45) is 4.99 Å². The van der Waals surface area contributed by atoms with Gasteiger partial charge in [0.05, 0.1) is 6.54 Å². The van der Waals surface area contributed by atoms with Crippen molar-refractivity contribution in [3.63, 3.8) is 0 Å². The highest BCUT2D eigenvalue weighted by molar-refractivity contribution is 9.10. The van der Waals surface area contributed by atoms with Crippen LogP contribution in [0.1, 0.15) is 20.3 Å². The Morgan fingerprint density at radius 3 is 2.31 bits per heavy atom. The number of rotatable bonds is 5. The molecule has 0 aromatic heterocycles. The molecule has 1 heterocycles. The summed E-state index contributed by atoms with van der Waals surface area (Å²) in [5, 5.41) is 6.13. The molecule has 26 heavy (non-hydrogen) atoms. The minimum absolute atomic E-state index is 0.0617. The first-order valence-corrected chi connectivity index (χ1v) is 9.63. The molecule has 0 bridgehead atoms. The van der Waals surface area contributed by atoms with E-state index in [2.05, 4.69) is 36.5 Å². The van der Waals surface area contributed by atoms with Crippen LogP contribution in [0.25, 0.3) is 0 Å². The van der Waals surface area contributed by atoms with E-state index in [-0.39, 0.29) is 11.8 Å². The number of nitrogens with one attached hydrogen (secondary N) is 2. The van der Waals surface area contributed by atoms with E-state index in [4.69, 9.17) is 0 Å². The van der Waals surface area contributed by atoms with Crippen molar-refractivity contribution >= 4 is 39.4 Å². The van der Waals surface area contributed by atoms with Crippen LogP contribution in [-0.4, -0.2) is 66.8 Å². The fourth-order valence-electron chi connectivity index (χ4n) is 2.68. The lowest BCUT2D eigenvalue weighted by Gasteiger charge is -2.36. The Hall–Kier alpha value is -2.09. The highest BCUT2D eigenvalue weighted by Gasteiger charge is 2.20. The number of hydrogen-bond acceptors (Lipinski definition) is 3. The summed E-state index contributed by atoms with van der Waals surface area (Å²) in [6.07, 6.45) is 0.318. The third-order valence-electron chi connectivity index (χ3n) is 4.09. The van der Waals surface area contributed by atoms with Crippen molar-refractivity contribution < 1.29 is 9.59 Å². The van der Waals surface area contributed by atoms with Gasteiger partial charge in [-0.1, -0.05) is 15.9 Å². The lowest BCUT2D eigenvalue weighted by Crippen LogP contribution is -2.53. The Morgan fingerprint density at radius 1 is 1.12 bits per heavy atom. The van der Waals surface area contributed by atoms with E-state index in [1.54, 1.807) is 6.92 Å². The Balaban J connectivity index is 1.83. The summed E-state index contributed by atoms with van der Waals surface area (Å²) in [6, 6.07) is 7.48. The maximum absolute atomic E-state index is 12.1. The Labute approximate surface area is 163 Å². The number of amides is 2. The highest BCUT2D eigenvalue weighted by Crippen LogP contribution is 2.14. The minimum atomic E-state index is -0.0617. The Kier molecular flexibility index (Phi) is 7.90. The van der Waals surface area contributed by atoms with E-state index in [9.17, 15) is 9.59 Å². The number of benzene rings is 1. The number of hydrogen-bond donors (Lipinski definition) is 2. The van der Waals surface area contributed by atoms with E-state index in [1.807, 2.05) is 36.1 Å². The van der Waals surface area contributed by atoms with Crippen LogP contribution in [-0.2, 0) is 9.59 Å². The van der Waals surface area contributed by atoms with E-state index in [0.717, 1.165) is 35.8 Å². The average molecular weight is 424 g/mol. The fraction of sp³-hybridized carbons (Fsp3) is 0.500. The SMILES string of the molecule is CCNC(=NCCC(=O)Nc1ccc(Br)cc1)N1CCN(C(C)=O)CC1. The van der Waals surface area contributed by atoms with Crippen LogP contribution in [0, 0.1) is 0 Å². The third kappa shape index (κ3) is 6.33. The predicted octanol–water partition coefficient (Wildman–Crippen LogP) is 1.91. The van der Waals surface area contributed by atoms with Crippen LogP contribution in [0.4, 0.5) is 5.69 Å². The zero-order chi connectivity index (χ0) is 18.9. The first-order chi connectivity index (χ1) is 12.5. The average Bonchev–Trinajstić information content (AvgIpc) is 2.63. The topological polar surface area (TPSA) is 77.0 Å². The lowest BCUT2D eigenvalue weighted by atomic mass is 10.3. The predicted molar refractivity (Wildman–Crippen MR) is 107 cm³/mol. The van der Waals surface area contributed by atoms with Crippen molar-refractivity contribution in [1.29, 1.82) is 0 Å². The van der Waals surface area contributed by atoms with E-state index in [0.29, 0.717) is 26.1 Å². The molecule has 0 unspecified atom stereocenters. The molecule has 2 N–H and O–H groups in total. The molecule has 7 nitrogen and oxygen atoms in total. The summed E-state index contributed by atoms with van der Waals surface area (Å²) < 4.78 is 0.972. The molecule has 0 radical (unpaired) electrons. The monoisotopic (exact) mass is 423 g/mol. The van der Waals surface area contributed by atoms with Crippen LogP contribution in [0.3, 0.4) is 0 Å². The number of carbonyl (C=O) groups is 2. The summed E-state index contributed by atoms with van der Waals surface area (Å²) in [5.41, 5.74) is 0.773. The molecule has 1 saturated heterocycles. The molecular weight excluding hydrogens is 398 g/mol. The molecule has 1 aromatic rings. The maximum atomic E-state index is 12.1. The molecule has 0 saturated carbocycles. The lowest BCUT2D eigenvalue weighted by molar-refractivity contribution is -0.130. The van der Waals surface area contributed by atoms with Crippen molar-refractivity contribution in [2.75, 3.05) is 44.6 Å². The second-order valence-electron chi connectivity index (χ2n) is 6.03. The van der Waals surface area contributed by atoms with Gasteiger partial charge >= 0.3 is 0 Å². The molecule has 142 valence electrons. The Bertz CT molecular complexity index is 639. The number of halogens is 1. The van der Waals surface area contributed by atoms with E-state index >= 15 is 0 Å². The highest BCUT2D eigenvalue weighted by atomic mass is 79.9. The van der Waals surface area contributed by atoms with Gasteiger partial charge in [0.15, 0.2) is 5.96 Å². The first-order valence-electron chi connectivity index (χ1n) is 8.83. The summed E-state index contributed by atoms with van der Waals surface area (Å²) in [7, 11) is 0. The van der Waals surface area contributed by atoms with Crippen molar-refractivity contribution in [2.45, 2.75) is 20.3 Å². The maximum Gasteiger partial charge on any atom is 0.226 e. The van der Waals surface area contributed by atoms with Crippen LogP contribution >= 0.6 is 15.9 Å². The second-order valence-corrected chi connectivity index (χ2v) is 6.95. The third-order valence-corrected chi connectivity index (χ3v) is 4.62. The Morgan fingerprint density at radius 2 is 1.73 bits per heavy atom. The number of nitrogens with zero attached hydrogens (tertiary/aromatic N) is 3. The molecule has 2 rings (SSSR count). The molecule has 1 aromatic carbocycles. The first kappa shape index (κ1) is 20.2. The van der Waals surface area contributed by atoms with Crippen LogP contribution in [0.2, 0.25) is 0 Å². The van der Waals surface area contributed by atoms with Gasteiger partial charge in [0, 0.05) is 56.2 Å². The normalized spacial score (nSPS) is 15.0. The molecular formula is C18H26BrN5O2. The van der Waals surface area contributed by atoms with Gasteiger partial charge in [-0.05, 0) is 31.2 Å². The van der Waals surface area contributed by atoms with Crippen LogP contribution in [0.15, 0.2) is 33.7 Å². The number of guanidine groups is 1. The standard InChI is InChI=1S/C18H26BrN5O2/c1-3-20-18(24-12-10-23(11-13-24)14(2)25)21-9-8-17(26)22-16-6-4-15(19)5-7-16/h4-7H,3,8-13H2,1-2H3,(H,20,21)(H,22,26). The van der Waals surface area contributed by atoms with Gasteiger partial charge in [-0.3, -0.25) is 14.6 Å². The molecule has 0 aliphatic carbocycles. The summed E-state index contributed by atoms with van der Waals surface area (Å²) in [6.45, 7) is 7.68. The largest absolute Gasteiger partial charge is 0.357 e.